The van der Waals surface area contributed by atoms with E-state index in [0.717, 1.165) is 4.90 Å². The van der Waals surface area contributed by atoms with Gasteiger partial charge in [0.2, 0.25) is 5.91 Å². The van der Waals surface area contributed by atoms with E-state index in [0.29, 0.717) is 5.69 Å². The Morgan fingerprint density at radius 2 is 1.77 bits per heavy atom. The van der Waals surface area contributed by atoms with Gasteiger partial charge in [0.15, 0.2) is 0 Å². The smallest absolute Gasteiger partial charge is 0.387 e. The van der Waals surface area contributed by atoms with E-state index < -0.39 is 6.61 Å². The number of carbonyl (C=O) groups excluding carboxylic acids is 1. The molecule has 6 heteroatoms. The molecule has 0 heterocycles. The molecule has 0 unspecified atom stereocenters. The van der Waals surface area contributed by atoms with Crippen molar-refractivity contribution >= 4 is 23.4 Å². The third kappa shape index (κ3) is 5.37. The number of aryl methyl sites for hydroxylation is 1. The molecule has 1 N–H and O–H groups in total. The topological polar surface area (TPSA) is 38.3 Å². The van der Waals surface area contributed by atoms with Crippen LogP contribution >= 0.6 is 11.8 Å². The minimum atomic E-state index is -2.86. The van der Waals surface area contributed by atoms with Gasteiger partial charge in [-0.15, -0.1) is 11.8 Å². The van der Waals surface area contributed by atoms with Crippen LogP contribution in [0.1, 0.15) is 5.56 Å². The number of hydrogen-bond acceptors (Lipinski definition) is 3. The van der Waals surface area contributed by atoms with Crippen molar-refractivity contribution in [2.75, 3.05) is 11.1 Å². The van der Waals surface area contributed by atoms with Crippen molar-refractivity contribution in [3.8, 4) is 5.75 Å². The Morgan fingerprint density at radius 3 is 2.36 bits per heavy atom. The number of anilines is 1. The molecule has 1 amide bonds. The highest BCUT2D eigenvalue weighted by Crippen LogP contribution is 2.20. The Hall–Kier alpha value is -2.08. The maximum Gasteiger partial charge on any atom is 0.387 e. The van der Waals surface area contributed by atoms with Crippen LogP contribution in [0.3, 0.4) is 0 Å². The number of alkyl halides is 2. The average Bonchev–Trinajstić information content (AvgIpc) is 2.48. The van der Waals surface area contributed by atoms with Gasteiger partial charge in [-0.2, -0.15) is 8.78 Å². The van der Waals surface area contributed by atoms with Crippen molar-refractivity contribution in [3.63, 3.8) is 0 Å². The van der Waals surface area contributed by atoms with Gasteiger partial charge in [-0.05, 0) is 43.3 Å². The fourth-order valence-corrected chi connectivity index (χ4v) is 2.40. The summed E-state index contributed by atoms with van der Waals surface area (Å²) in [5, 5.41) is 2.70. The molecule has 22 heavy (non-hydrogen) atoms. The van der Waals surface area contributed by atoms with Crippen LogP contribution in [0.5, 0.6) is 5.75 Å². The normalized spacial score (nSPS) is 10.5. The van der Waals surface area contributed by atoms with Crippen LogP contribution in [0.15, 0.2) is 53.4 Å². The second kappa shape index (κ2) is 7.79. The zero-order valence-electron chi connectivity index (χ0n) is 11.9. The van der Waals surface area contributed by atoms with Crippen LogP contribution < -0.4 is 10.1 Å². The van der Waals surface area contributed by atoms with Gasteiger partial charge in [0, 0.05) is 10.6 Å². The van der Waals surface area contributed by atoms with E-state index in [2.05, 4.69) is 10.1 Å². The lowest BCUT2D eigenvalue weighted by Crippen LogP contribution is -2.13. The summed E-state index contributed by atoms with van der Waals surface area (Å²) >= 11 is 1.43. The van der Waals surface area contributed by atoms with Crippen LogP contribution in [0, 0.1) is 6.92 Å². The van der Waals surface area contributed by atoms with E-state index in [4.69, 9.17) is 0 Å². The fraction of sp³-hybridized carbons (Fsp3) is 0.188. The van der Waals surface area contributed by atoms with Gasteiger partial charge < -0.3 is 10.1 Å². The summed E-state index contributed by atoms with van der Waals surface area (Å²) in [6.07, 6.45) is 0. The Morgan fingerprint density at radius 1 is 1.14 bits per heavy atom. The first kappa shape index (κ1) is 16.3. The second-order valence-electron chi connectivity index (χ2n) is 4.55. The molecule has 0 spiro atoms. The first-order valence-electron chi connectivity index (χ1n) is 6.57. The van der Waals surface area contributed by atoms with E-state index >= 15 is 0 Å². The Balaban J connectivity index is 1.82. The highest BCUT2D eigenvalue weighted by molar-refractivity contribution is 8.00. The quantitative estimate of drug-likeness (QED) is 0.804. The summed E-state index contributed by atoms with van der Waals surface area (Å²) < 4.78 is 28.3. The highest BCUT2D eigenvalue weighted by atomic mass is 32.2. The monoisotopic (exact) mass is 323 g/mol. The molecule has 0 aromatic heterocycles. The maximum atomic E-state index is 12.0. The third-order valence-electron chi connectivity index (χ3n) is 2.75. The molecule has 116 valence electrons. The summed E-state index contributed by atoms with van der Waals surface area (Å²) in [5.74, 6) is 0.174. The van der Waals surface area contributed by atoms with Crippen molar-refractivity contribution in [2.45, 2.75) is 18.4 Å². The molecular formula is C16H15F2NO2S. The molecule has 0 aliphatic carbocycles. The molecule has 2 rings (SSSR count). The molecule has 0 radical (unpaired) electrons. The molecule has 0 aliphatic rings. The average molecular weight is 323 g/mol. The van der Waals surface area contributed by atoms with Gasteiger partial charge in [0.05, 0.1) is 5.75 Å². The van der Waals surface area contributed by atoms with E-state index in [-0.39, 0.29) is 17.4 Å². The number of carbonyl (C=O) groups is 1. The lowest BCUT2D eigenvalue weighted by Gasteiger charge is -2.07. The SMILES string of the molecule is Cc1ccc(SCC(=O)Nc2ccc(OC(F)F)cc2)cc1. The van der Waals surface area contributed by atoms with Crippen LogP contribution in [-0.2, 0) is 4.79 Å². The van der Waals surface area contributed by atoms with Crippen molar-refractivity contribution < 1.29 is 18.3 Å². The molecule has 0 saturated carbocycles. The Labute approximate surface area is 131 Å². The number of thioether (sulfide) groups is 1. The van der Waals surface area contributed by atoms with Crippen molar-refractivity contribution in [1.82, 2.24) is 0 Å². The summed E-state index contributed by atoms with van der Waals surface area (Å²) in [5.41, 5.74) is 1.70. The predicted octanol–water partition coefficient (Wildman–Crippen LogP) is 4.33. The second-order valence-corrected chi connectivity index (χ2v) is 5.60. The van der Waals surface area contributed by atoms with Crippen LogP contribution in [0.2, 0.25) is 0 Å². The zero-order chi connectivity index (χ0) is 15.9. The number of halogens is 2. The van der Waals surface area contributed by atoms with E-state index in [9.17, 15) is 13.6 Å². The maximum absolute atomic E-state index is 12.0. The van der Waals surface area contributed by atoms with Crippen molar-refractivity contribution in [3.05, 3.63) is 54.1 Å². The van der Waals surface area contributed by atoms with Gasteiger partial charge in [0.25, 0.3) is 0 Å². The first-order chi connectivity index (χ1) is 10.5. The summed E-state index contributed by atoms with van der Waals surface area (Å²) in [6.45, 7) is -0.853. The Kier molecular flexibility index (Phi) is 5.77. The summed E-state index contributed by atoms with van der Waals surface area (Å²) in [6, 6.07) is 13.7. The Bertz CT molecular complexity index is 615. The molecule has 2 aromatic carbocycles. The number of ether oxygens (including phenoxy) is 1. The van der Waals surface area contributed by atoms with Gasteiger partial charge in [-0.1, -0.05) is 17.7 Å². The van der Waals surface area contributed by atoms with Crippen LogP contribution in [0.25, 0.3) is 0 Å². The largest absolute Gasteiger partial charge is 0.435 e. The number of nitrogens with one attached hydrogen (secondary N) is 1. The van der Waals surface area contributed by atoms with E-state index in [1.165, 1.54) is 41.6 Å². The fourth-order valence-electron chi connectivity index (χ4n) is 1.70. The van der Waals surface area contributed by atoms with E-state index in [1.807, 2.05) is 31.2 Å². The molecule has 0 bridgehead atoms. The molecule has 3 nitrogen and oxygen atoms in total. The lowest BCUT2D eigenvalue weighted by atomic mass is 10.2. The summed E-state index contributed by atoms with van der Waals surface area (Å²) in [4.78, 5) is 12.8. The van der Waals surface area contributed by atoms with Crippen LogP contribution in [0.4, 0.5) is 14.5 Å². The van der Waals surface area contributed by atoms with Crippen molar-refractivity contribution in [2.24, 2.45) is 0 Å². The molecule has 0 fully saturated rings. The number of benzene rings is 2. The number of amides is 1. The lowest BCUT2D eigenvalue weighted by molar-refractivity contribution is -0.113. The minimum absolute atomic E-state index is 0.0574. The van der Waals surface area contributed by atoms with Gasteiger partial charge in [-0.25, -0.2) is 0 Å². The molecule has 2 aromatic rings. The van der Waals surface area contributed by atoms with Crippen molar-refractivity contribution in [1.29, 1.82) is 0 Å². The van der Waals surface area contributed by atoms with Gasteiger partial charge in [-0.3, -0.25) is 4.79 Å². The number of hydrogen-bond donors (Lipinski definition) is 1. The molecule has 0 aliphatic heterocycles. The molecular weight excluding hydrogens is 308 g/mol. The molecule has 0 saturated heterocycles. The minimum Gasteiger partial charge on any atom is -0.435 e. The first-order valence-corrected chi connectivity index (χ1v) is 7.56. The number of rotatable bonds is 6. The van der Waals surface area contributed by atoms with E-state index in [1.54, 1.807) is 0 Å². The van der Waals surface area contributed by atoms with Gasteiger partial charge in [0.1, 0.15) is 5.75 Å². The zero-order valence-corrected chi connectivity index (χ0v) is 12.7. The van der Waals surface area contributed by atoms with Gasteiger partial charge >= 0.3 is 6.61 Å². The predicted molar refractivity (Wildman–Crippen MR) is 83.6 cm³/mol. The highest BCUT2D eigenvalue weighted by Gasteiger charge is 2.06. The standard InChI is InChI=1S/C16H15F2NO2S/c1-11-2-8-14(9-3-11)22-10-15(20)19-12-4-6-13(7-5-12)21-16(17)18/h2-9,16H,10H2,1H3,(H,19,20). The van der Waals surface area contributed by atoms with Crippen LogP contribution in [-0.4, -0.2) is 18.3 Å². The summed E-state index contributed by atoms with van der Waals surface area (Å²) in [7, 11) is 0. The molecule has 0 atom stereocenters. The third-order valence-corrected chi connectivity index (χ3v) is 3.77.